The highest BCUT2D eigenvalue weighted by Gasteiger charge is 2.17. The van der Waals surface area contributed by atoms with Crippen LogP contribution in [0.5, 0.6) is 0 Å². The molecule has 0 aliphatic rings. The van der Waals surface area contributed by atoms with Gasteiger partial charge in [0.05, 0.1) is 11.0 Å². The minimum atomic E-state index is -0.981. The molecule has 0 aliphatic carbocycles. The van der Waals surface area contributed by atoms with Crippen molar-refractivity contribution in [2.75, 3.05) is 0 Å². The van der Waals surface area contributed by atoms with E-state index < -0.39 is 16.8 Å². The van der Waals surface area contributed by atoms with E-state index in [-0.39, 0.29) is 12.1 Å². The fourth-order valence-electron chi connectivity index (χ4n) is 2.14. The Labute approximate surface area is 115 Å². The molecule has 0 saturated carbocycles. The summed E-state index contributed by atoms with van der Waals surface area (Å²) in [6.07, 6.45) is -0.912. The van der Waals surface area contributed by atoms with Crippen molar-refractivity contribution in [3.05, 3.63) is 75.1 Å². The van der Waals surface area contributed by atoms with Gasteiger partial charge in [0.25, 0.3) is 5.69 Å². The normalized spacial score (nSPS) is 12.2. The van der Waals surface area contributed by atoms with Gasteiger partial charge in [-0.05, 0) is 30.2 Å². The summed E-state index contributed by atoms with van der Waals surface area (Å²) in [5, 5.41) is 21.1. The van der Waals surface area contributed by atoms with Crippen LogP contribution in [0.3, 0.4) is 0 Å². The van der Waals surface area contributed by atoms with E-state index >= 15 is 0 Å². The van der Waals surface area contributed by atoms with Crippen molar-refractivity contribution in [1.82, 2.24) is 0 Å². The highest BCUT2D eigenvalue weighted by Crippen LogP contribution is 2.25. The van der Waals surface area contributed by atoms with Crippen molar-refractivity contribution in [2.45, 2.75) is 19.4 Å². The van der Waals surface area contributed by atoms with E-state index in [0.717, 1.165) is 0 Å². The maximum absolute atomic E-state index is 13.3. The summed E-state index contributed by atoms with van der Waals surface area (Å²) in [5.74, 6) is -0.429. The van der Waals surface area contributed by atoms with Crippen LogP contribution >= 0.6 is 0 Å². The highest BCUT2D eigenvalue weighted by molar-refractivity contribution is 5.41. The number of hydrogen-bond acceptors (Lipinski definition) is 3. The number of rotatable bonds is 4. The predicted octanol–water partition coefficient (Wildman–Crippen LogP) is 3.32. The summed E-state index contributed by atoms with van der Waals surface area (Å²) in [6.45, 7) is 1.73. The van der Waals surface area contributed by atoms with Crippen LogP contribution in [-0.4, -0.2) is 10.0 Å². The molecule has 0 saturated heterocycles. The molecule has 0 heterocycles. The second-order valence-corrected chi connectivity index (χ2v) is 4.67. The van der Waals surface area contributed by atoms with Gasteiger partial charge in [0, 0.05) is 18.1 Å². The van der Waals surface area contributed by atoms with Crippen LogP contribution in [0.25, 0.3) is 0 Å². The molecule has 2 rings (SSSR count). The zero-order valence-electron chi connectivity index (χ0n) is 10.9. The Morgan fingerprint density at radius 1 is 1.30 bits per heavy atom. The summed E-state index contributed by atoms with van der Waals surface area (Å²) in [6, 6.07) is 10.5. The van der Waals surface area contributed by atoms with Crippen molar-refractivity contribution in [2.24, 2.45) is 0 Å². The number of aliphatic hydroxyl groups is 1. The van der Waals surface area contributed by atoms with Crippen molar-refractivity contribution >= 4 is 5.69 Å². The number of benzene rings is 2. The lowest BCUT2D eigenvalue weighted by Gasteiger charge is -2.12. The fraction of sp³-hybridized carbons (Fsp3) is 0.200. The van der Waals surface area contributed by atoms with Crippen LogP contribution in [0.4, 0.5) is 10.1 Å². The molecule has 2 aromatic carbocycles. The van der Waals surface area contributed by atoms with Crippen molar-refractivity contribution in [3.63, 3.8) is 0 Å². The molecule has 5 heteroatoms. The van der Waals surface area contributed by atoms with Gasteiger partial charge in [0.1, 0.15) is 5.82 Å². The first-order valence-corrected chi connectivity index (χ1v) is 6.15. The molecule has 0 spiro atoms. The maximum Gasteiger partial charge on any atom is 0.272 e. The van der Waals surface area contributed by atoms with Crippen LogP contribution < -0.4 is 0 Å². The van der Waals surface area contributed by atoms with Crippen LogP contribution in [0.2, 0.25) is 0 Å². The summed E-state index contributed by atoms with van der Waals surface area (Å²) in [5.41, 5.74) is 1.49. The summed E-state index contributed by atoms with van der Waals surface area (Å²) in [7, 11) is 0. The largest absolute Gasteiger partial charge is 0.388 e. The van der Waals surface area contributed by atoms with E-state index in [2.05, 4.69) is 0 Å². The molecule has 4 nitrogen and oxygen atoms in total. The first-order chi connectivity index (χ1) is 9.47. The molecule has 1 atom stereocenters. The smallest absolute Gasteiger partial charge is 0.272 e. The van der Waals surface area contributed by atoms with Crippen molar-refractivity contribution in [1.29, 1.82) is 0 Å². The summed E-state index contributed by atoms with van der Waals surface area (Å²) < 4.78 is 13.3. The number of hydrogen-bond donors (Lipinski definition) is 1. The Morgan fingerprint density at radius 3 is 2.65 bits per heavy atom. The van der Waals surface area contributed by atoms with E-state index in [4.69, 9.17) is 0 Å². The molecule has 0 aliphatic heterocycles. The third-order valence-corrected chi connectivity index (χ3v) is 3.05. The number of aryl methyl sites for hydroxylation is 1. The minimum absolute atomic E-state index is 0.0420. The Hall–Kier alpha value is -2.27. The van der Waals surface area contributed by atoms with Crippen LogP contribution in [-0.2, 0) is 6.42 Å². The van der Waals surface area contributed by atoms with Crippen LogP contribution in [0, 0.1) is 22.9 Å². The van der Waals surface area contributed by atoms with Gasteiger partial charge in [0.15, 0.2) is 0 Å². The Bertz CT molecular complexity index is 623. The quantitative estimate of drug-likeness (QED) is 0.687. The SMILES string of the molecule is Cc1cc(F)cc(C(O)Cc2ccccc2[N+](=O)[O-])c1. The first-order valence-electron chi connectivity index (χ1n) is 6.15. The van der Waals surface area contributed by atoms with Gasteiger partial charge in [-0.25, -0.2) is 4.39 Å². The Balaban J connectivity index is 2.28. The van der Waals surface area contributed by atoms with Gasteiger partial charge < -0.3 is 5.11 Å². The fourth-order valence-corrected chi connectivity index (χ4v) is 2.14. The number of nitro benzene ring substituents is 1. The summed E-state index contributed by atoms with van der Waals surface area (Å²) >= 11 is 0. The van der Waals surface area contributed by atoms with Gasteiger partial charge in [-0.2, -0.15) is 0 Å². The molecule has 1 N–H and O–H groups in total. The van der Waals surface area contributed by atoms with E-state index in [9.17, 15) is 19.6 Å². The molecular formula is C15H14FNO3. The Morgan fingerprint density at radius 2 is 2.00 bits per heavy atom. The average molecular weight is 275 g/mol. The lowest BCUT2D eigenvalue weighted by Crippen LogP contribution is -2.05. The Kier molecular flexibility index (Phi) is 4.10. The highest BCUT2D eigenvalue weighted by atomic mass is 19.1. The minimum Gasteiger partial charge on any atom is -0.388 e. The molecule has 0 fully saturated rings. The van der Waals surface area contributed by atoms with Crippen LogP contribution in [0.15, 0.2) is 42.5 Å². The number of halogens is 1. The van der Waals surface area contributed by atoms with Gasteiger partial charge in [-0.3, -0.25) is 10.1 Å². The molecule has 20 heavy (non-hydrogen) atoms. The summed E-state index contributed by atoms with van der Waals surface area (Å²) in [4.78, 5) is 10.4. The molecule has 0 bridgehead atoms. The standard InChI is InChI=1S/C15H14FNO3/c1-10-6-12(8-13(16)7-10)15(18)9-11-4-2-3-5-14(11)17(19)20/h2-8,15,18H,9H2,1H3. The average Bonchev–Trinajstić information content (AvgIpc) is 2.37. The molecule has 104 valence electrons. The van der Waals surface area contributed by atoms with Crippen molar-refractivity contribution < 1.29 is 14.4 Å². The third-order valence-electron chi connectivity index (χ3n) is 3.05. The monoisotopic (exact) mass is 275 g/mol. The van der Waals surface area contributed by atoms with Gasteiger partial charge in [-0.1, -0.05) is 24.3 Å². The van der Waals surface area contributed by atoms with Gasteiger partial charge in [0.2, 0.25) is 0 Å². The number of aliphatic hydroxyl groups excluding tert-OH is 1. The van der Waals surface area contributed by atoms with Gasteiger partial charge >= 0.3 is 0 Å². The number of para-hydroxylation sites is 1. The van der Waals surface area contributed by atoms with Gasteiger partial charge in [-0.15, -0.1) is 0 Å². The van der Waals surface area contributed by atoms with E-state index in [0.29, 0.717) is 16.7 Å². The van der Waals surface area contributed by atoms with E-state index in [1.165, 1.54) is 18.2 Å². The lowest BCUT2D eigenvalue weighted by atomic mass is 9.99. The molecule has 0 radical (unpaired) electrons. The lowest BCUT2D eigenvalue weighted by molar-refractivity contribution is -0.385. The molecular weight excluding hydrogens is 261 g/mol. The second kappa shape index (κ2) is 5.79. The third kappa shape index (κ3) is 3.19. The molecule has 0 amide bonds. The topological polar surface area (TPSA) is 63.4 Å². The molecule has 2 aromatic rings. The van der Waals surface area contributed by atoms with Crippen LogP contribution in [0.1, 0.15) is 22.8 Å². The zero-order chi connectivity index (χ0) is 14.7. The molecule has 0 aromatic heterocycles. The number of nitrogens with zero attached hydrogens (tertiary/aromatic N) is 1. The molecule has 1 unspecified atom stereocenters. The maximum atomic E-state index is 13.3. The second-order valence-electron chi connectivity index (χ2n) is 4.67. The van der Waals surface area contributed by atoms with E-state index in [1.54, 1.807) is 31.2 Å². The predicted molar refractivity (Wildman–Crippen MR) is 72.9 cm³/mol. The first kappa shape index (κ1) is 14.1. The van der Waals surface area contributed by atoms with Crippen molar-refractivity contribution in [3.8, 4) is 0 Å². The zero-order valence-corrected chi connectivity index (χ0v) is 10.9. The van der Waals surface area contributed by atoms with E-state index in [1.807, 2.05) is 0 Å². The number of nitro groups is 1.